The number of nitrogens with zero attached hydrogens (tertiary/aromatic N) is 1. The molecule has 0 aliphatic carbocycles. The van der Waals surface area contributed by atoms with Crippen LogP contribution in [0.15, 0.2) is 22.9 Å². The van der Waals surface area contributed by atoms with Crippen molar-refractivity contribution < 1.29 is 4.74 Å². The standard InChI is InChI=1S/C12H17BrN2O/c1-9(11-2-3-16-8-11)15-6-10-4-12(13)7-14-5-10/h4-5,7,9,11,15H,2-3,6,8H2,1H3. The number of hydrogen-bond acceptors (Lipinski definition) is 3. The van der Waals surface area contributed by atoms with E-state index in [0.717, 1.165) is 24.2 Å². The van der Waals surface area contributed by atoms with Crippen molar-refractivity contribution in [2.45, 2.75) is 25.9 Å². The molecule has 4 heteroatoms. The van der Waals surface area contributed by atoms with Crippen molar-refractivity contribution in [1.29, 1.82) is 0 Å². The maximum absolute atomic E-state index is 5.39. The van der Waals surface area contributed by atoms with Crippen molar-refractivity contribution >= 4 is 15.9 Å². The average Bonchev–Trinajstić information content (AvgIpc) is 2.79. The van der Waals surface area contributed by atoms with Gasteiger partial charge in [-0.3, -0.25) is 4.98 Å². The van der Waals surface area contributed by atoms with Gasteiger partial charge in [-0.1, -0.05) is 0 Å². The van der Waals surface area contributed by atoms with E-state index < -0.39 is 0 Å². The largest absolute Gasteiger partial charge is 0.381 e. The Bertz CT molecular complexity index is 340. The van der Waals surface area contributed by atoms with Gasteiger partial charge >= 0.3 is 0 Å². The normalized spacial score (nSPS) is 22.2. The molecular weight excluding hydrogens is 268 g/mol. The molecule has 0 radical (unpaired) electrons. The Morgan fingerprint density at radius 3 is 3.19 bits per heavy atom. The Morgan fingerprint density at radius 1 is 1.62 bits per heavy atom. The first kappa shape index (κ1) is 12.0. The third kappa shape index (κ3) is 3.27. The van der Waals surface area contributed by atoms with E-state index in [1.54, 1.807) is 6.20 Å². The number of pyridine rings is 1. The lowest BCUT2D eigenvalue weighted by Gasteiger charge is -2.19. The first-order valence-electron chi connectivity index (χ1n) is 5.66. The van der Waals surface area contributed by atoms with Crippen LogP contribution < -0.4 is 5.32 Å². The summed E-state index contributed by atoms with van der Waals surface area (Å²) in [6, 6.07) is 2.60. The summed E-state index contributed by atoms with van der Waals surface area (Å²) >= 11 is 3.43. The second-order valence-electron chi connectivity index (χ2n) is 4.30. The van der Waals surface area contributed by atoms with Crippen molar-refractivity contribution in [3.8, 4) is 0 Å². The van der Waals surface area contributed by atoms with Gasteiger partial charge in [0.25, 0.3) is 0 Å². The molecule has 1 aromatic heterocycles. The Kier molecular flexibility index (Phi) is 4.32. The number of nitrogens with one attached hydrogen (secondary N) is 1. The van der Waals surface area contributed by atoms with E-state index >= 15 is 0 Å². The van der Waals surface area contributed by atoms with Crippen LogP contribution in [0.5, 0.6) is 0 Å². The Morgan fingerprint density at radius 2 is 2.50 bits per heavy atom. The highest BCUT2D eigenvalue weighted by atomic mass is 79.9. The van der Waals surface area contributed by atoms with E-state index in [0.29, 0.717) is 12.0 Å². The maximum atomic E-state index is 5.39. The smallest absolute Gasteiger partial charge is 0.0509 e. The monoisotopic (exact) mass is 284 g/mol. The van der Waals surface area contributed by atoms with Crippen molar-refractivity contribution in [2.24, 2.45) is 5.92 Å². The molecule has 1 aromatic rings. The van der Waals surface area contributed by atoms with Gasteiger partial charge in [-0.15, -0.1) is 0 Å². The van der Waals surface area contributed by atoms with Crippen LogP contribution in [0.4, 0.5) is 0 Å². The molecule has 0 saturated carbocycles. The molecule has 2 rings (SSSR count). The summed E-state index contributed by atoms with van der Waals surface area (Å²) in [6.07, 6.45) is 4.87. The molecule has 1 aliphatic heterocycles. The fourth-order valence-electron chi connectivity index (χ4n) is 1.95. The Labute approximate surface area is 105 Å². The van der Waals surface area contributed by atoms with Gasteiger partial charge in [-0.2, -0.15) is 0 Å². The quantitative estimate of drug-likeness (QED) is 0.922. The molecule has 0 bridgehead atoms. The first-order chi connectivity index (χ1) is 7.75. The van der Waals surface area contributed by atoms with E-state index in [-0.39, 0.29) is 0 Å². The molecule has 16 heavy (non-hydrogen) atoms. The second kappa shape index (κ2) is 5.75. The molecule has 0 spiro atoms. The molecule has 1 fully saturated rings. The average molecular weight is 285 g/mol. The summed E-state index contributed by atoms with van der Waals surface area (Å²) in [5.74, 6) is 0.653. The minimum absolute atomic E-state index is 0.501. The van der Waals surface area contributed by atoms with Gasteiger partial charge < -0.3 is 10.1 Å². The zero-order chi connectivity index (χ0) is 11.4. The van der Waals surface area contributed by atoms with Crippen molar-refractivity contribution in [1.82, 2.24) is 10.3 Å². The van der Waals surface area contributed by atoms with E-state index in [1.807, 2.05) is 6.20 Å². The number of aromatic nitrogens is 1. The molecule has 0 amide bonds. The Hall–Kier alpha value is -0.450. The summed E-state index contributed by atoms with van der Waals surface area (Å²) < 4.78 is 6.42. The molecule has 2 unspecified atom stereocenters. The van der Waals surface area contributed by atoms with Gasteiger partial charge in [-0.25, -0.2) is 0 Å². The number of hydrogen-bond donors (Lipinski definition) is 1. The van der Waals surface area contributed by atoms with Crippen molar-refractivity contribution in [3.63, 3.8) is 0 Å². The van der Waals surface area contributed by atoms with Crippen molar-refractivity contribution in [3.05, 3.63) is 28.5 Å². The highest BCUT2D eigenvalue weighted by molar-refractivity contribution is 9.10. The summed E-state index contributed by atoms with van der Waals surface area (Å²) in [5, 5.41) is 3.53. The zero-order valence-electron chi connectivity index (χ0n) is 9.45. The maximum Gasteiger partial charge on any atom is 0.0509 e. The molecule has 0 aromatic carbocycles. The molecule has 1 N–H and O–H groups in total. The molecule has 3 nitrogen and oxygen atoms in total. The number of halogens is 1. The van der Waals surface area contributed by atoms with Gasteiger partial charge in [0, 0.05) is 36.1 Å². The highest BCUT2D eigenvalue weighted by Crippen LogP contribution is 2.17. The lowest BCUT2D eigenvalue weighted by Crippen LogP contribution is -2.33. The minimum atomic E-state index is 0.501. The van der Waals surface area contributed by atoms with Crippen LogP contribution >= 0.6 is 15.9 Å². The third-order valence-electron chi connectivity index (χ3n) is 3.06. The van der Waals surface area contributed by atoms with Gasteiger partial charge in [0.15, 0.2) is 0 Å². The predicted molar refractivity (Wildman–Crippen MR) is 67.2 cm³/mol. The fourth-order valence-corrected chi connectivity index (χ4v) is 2.36. The summed E-state index contributed by atoms with van der Waals surface area (Å²) in [7, 11) is 0. The van der Waals surface area contributed by atoms with Crippen LogP contribution in [-0.2, 0) is 11.3 Å². The third-order valence-corrected chi connectivity index (χ3v) is 3.50. The van der Waals surface area contributed by atoms with Crippen LogP contribution in [-0.4, -0.2) is 24.2 Å². The van der Waals surface area contributed by atoms with Crippen LogP contribution in [0.2, 0.25) is 0 Å². The Balaban J connectivity index is 1.82. The van der Waals surface area contributed by atoms with Crippen LogP contribution in [0.3, 0.4) is 0 Å². The molecule has 2 atom stereocenters. The summed E-state index contributed by atoms with van der Waals surface area (Å²) in [4.78, 5) is 4.15. The molecule has 1 aliphatic rings. The molecule has 1 saturated heterocycles. The zero-order valence-corrected chi connectivity index (χ0v) is 11.0. The molecule has 2 heterocycles. The topological polar surface area (TPSA) is 34.2 Å². The molecule has 88 valence electrons. The minimum Gasteiger partial charge on any atom is -0.381 e. The lowest BCUT2D eigenvalue weighted by molar-refractivity contribution is 0.178. The van der Waals surface area contributed by atoms with Crippen LogP contribution in [0.1, 0.15) is 18.9 Å². The van der Waals surface area contributed by atoms with Gasteiger partial charge in [0.2, 0.25) is 0 Å². The SMILES string of the molecule is CC(NCc1cncc(Br)c1)C1CCOC1. The summed E-state index contributed by atoms with van der Waals surface area (Å²) in [5.41, 5.74) is 1.21. The summed E-state index contributed by atoms with van der Waals surface area (Å²) in [6.45, 7) is 4.90. The van der Waals surface area contributed by atoms with Crippen molar-refractivity contribution in [2.75, 3.05) is 13.2 Å². The first-order valence-corrected chi connectivity index (χ1v) is 6.45. The molecular formula is C12H17BrN2O. The number of rotatable bonds is 4. The number of ether oxygens (including phenoxy) is 1. The predicted octanol–water partition coefficient (Wildman–Crippen LogP) is 2.36. The van der Waals surface area contributed by atoms with Crippen LogP contribution in [0, 0.1) is 5.92 Å². The fraction of sp³-hybridized carbons (Fsp3) is 0.583. The highest BCUT2D eigenvalue weighted by Gasteiger charge is 2.21. The second-order valence-corrected chi connectivity index (χ2v) is 5.22. The van der Waals surface area contributed by atoms with Gasteiger partial charge in [0.05, 0.1) is 6.61 Å². The van der Waals surface area contributed by atoms with Gasteiger partial charge in [0.1, 0.15) is 0 Å². The van der Waals surface area contributed by atoms with E-state index in [2.05, 4.69) is 39.2 Å². The lowest BCUT2D eigenvalue weighted by atomic mass is 10.0. The van der Waals surface area contributed by atoms with E-state index in [4.69, 9.17) is 4.74 Å². The van der Waals surface area contributed by atoms with Gasteiger partial charge in [-0.05, 0) is 46.8 Å². The van der Waals surface area contributed by atoms with Crippen LogP contribution in [0.25, 0.3) is 0 Å². The van der Waals surface area contributed by atoms with E-state index in [9.17, 15) is 0 Å². The van der Waals surface area contributed by atoms with E-state index in [1.165, 1.54) is 12.0 Å².